The molecule has 0 saturated heterocycles. The third-order valence-electron chi connectivity index (χ3n) is 4.22. The van der Waals surface area contributed by atoms with Crippen LogP contribution in [0.25, 0.3) is 0 Å². The molecule has 4 bridgehead atoms. The molecule has 5 N–H and O–H groups in total. The van der Waals surface area contributed by atoms with E-state index in [4.69, 9.17) is 43.5 Å². The van der Waals surface area contributed by atoms with Gasteiger partial charge >= 0.3 is 37.7 Å². The Morgan fingerprint density at radius 2 is 1.09 bits per heavy atom. The van der Waals surface area contributed by atoms with E-state index in [0.717, 1.165) is 13.8 Å². The summed E-state index contributed by atoms with van der Waals surface area (Å²) in [6.07, 6.45) is 4.67. The second-order valence-electron chi connectivity index (χ2n) is 7.59. The van der Waals surface area contributed by atoms with Crippen LogP contribution in [-0.2, 0) is 40.6 Å². The Hall–Kier alpha value is -2.76. The minimum atomic E-state index is -1.08. The van der Waals surface area contributed by atoms with E-state index < -0.39 is 11.9 Å². The van der Waals surface area contributed by atoms with Gasteiger partial charge in [0, 0.05) is 53.2 Å². The maximum atomic E-state index is 10.3. The summed E-state index contributed by atoms with van der Waals surface area (Å²) in [4.78, 5) is 35.2. The number of carboxylic acids is 2. The number of hydrogen-bond acceptors (Lipinski definition) is 12. The zero-order chi connectivity index (χ0) is 30.9. The fourth-order valence-corrected chi connectivity index (χ4v) is 2.70. The number of ether oxygens (including phenoxy) is 4. The molecule has 2 aromatic carbocycles. The first kappa shape index (κ1) is 48.1. The maximum Gasteiger partial charge on any atom is 2.00 e. The summed E-state index contributed by atoms with van der Waals surface area (Å²) in [6, 6.07) is 10.5. The van der Waals surface area contributed by atoms with E-state index in [0.29, 0.717) is 75.4 Å². The molecule has 0 spiro atoms. The summed E-state index contributed by atoms with van der Waals surface area (Å²) in [5.74, 6) is -1.08. The fraction of sp³-hybridized carbons (Fsp3) is 0.393. The van der Waals surface area contributed by atoms with Crippen LogP contribution in [0.5, 0.6) is 23.0 Å². The minimum Gasteiger partial charge on any atom is -0.550 e. The number of hydrogen-bond donors (Lipinski definition) is 3. The SMILES string of the molecule is CC(=O)O.CC(=O)[O-].C[C-]=O.O.Oc1c2cccc1OCCOCCOCCOc1cccc(c1O)C=NCCN=C2.[Ca+2].[Co]. The van der Waals surface area contributed by atoms with Crippen LogP contribution in [0.4, 0.5) is 0 Å². The third kappa shape index (κ3) is 25.7. The molecule has 1 aliphatic heterocycles. The number of aliphatic imine (C=N–C) groups is 2. The van der Waals surface area contributed by atoms with Gasteiger partial charge in [-0.15, -0.1) is 0 Å². The molecule has 0 atom stereocenters. The maximum absolute atomic E-state index is 10.3. The number of rotatable bonds is 0. The van der Waals surface area contributed by atoms with E-state index in [9.17, 15) is 10.2 Å². The molecule has 0 unspecified atom stereocenters. The van der Waals surface area contributed by atoms with Crippen molar-refractivity contribution in [3.05, 3.63) is 47.5 Å². The molecule has 14 nitrogen and oxygen atoms in total. The van der Waals surface area contributed by atoms with E-state index in [1.54, 1.807) is 48.8 Å². The molecule has 16 heteroatoms. The smallest absolute Gasteiger partial charge is 0.550 e. The molecule has 3 rings (SSSR count). The Kier molecular flexibility index (Phi) is 34.6. The van der Waals surface area contributed by atoms with Crippen molar-refractivity contribution in [3.63, 3.8) is 0 Å². The predicted octanol–water partition coefficient (Wildman–Crippen LogP) is 0.195. The van der Waals surface area contributed by atoms with Gasteiger partial charge < -0.3 is 54.4 Å². The van der Waals surface area contributed by atoms with Gasteiger partial charge in [0.05, 0.1) is 39.5 Å². The quantitative estimate of drug-likeness (QED) is 0.249. The number of para-hydroxylation sites is 2. The molecule has 243 valence electrons. The third-order valence-corrected chi connectivity index (χ3v) is 4.22. The van der Waals surface area contributed by atoms with Gasteiger partial charge in [0.15, 0.2) is 23.0 Å². The molecule has 0 amide bonds. The van der Waals surface area contributed by atoms with Crippen LogP contribution < -0.4 is 14.6 Å². The van der Waals surface area contributed by atoms with Crippen LogP contribution in [0.15, 0.2) is 46.4 Å². The number of benzene rings is 2. The number of phenols is 2. The van der Waals surface area contributed by atoms with Gasteiger partial charge in [0.2, 0.25) is 0 Å². The van der Waals surface area contributed by atoms with Crippen LogP contribution in [0, 0.1) is 0 Å². The predicted molar refractivity (Wildman–Crippen MR) is 158 cm³/mol. The minimum absolute atomic E-state index is 0. The van der Waals surface area contributed by atoms with Crippen molar-refractivity contribution in [3.8, 4) is 23.0 Å². The van der Waals surface area contributed by atoms with Crippen molar-refractivity contribution in [2.24, 2.45) is 9.98 Å². The van der Waals surface area contributed by atoms with Crippen LogP contribution in [0.1, 0.15) is 31.9 Å². The summed E-state index contributed by atoms with van der Waals surface area (Å²) in [6.45, 7) is 6.43. The van der Waals surface area contributed by atoms with Crippen LogP contribution in [0.2, 0.25) is 0 Å². The molecule has 1 aliphatic rings. The largest absolute Gasteiger partial charge is 2.00 e. The van der Waals surface area contributed by atoms with Crippen LogP contribution >= 0.6 is 0 Å². The molecule has 0 aliphatic carbocycles. The summed E-state index contributed by atoms with van der Waals surface area (Å²) in [7, 11) is 0. The van der Waals surface area contributed by atoms with Crippen molar-refractivity contribution in [2.75, 3.05) is 52.7 Å². The van der Waals surface area contributed by atoms with Gasteiger partial charge in [-0.3, -0.25) is 21.1 Å². The normalized spacial score (nSPS) is 12.7. The summed E-state index contributed by atoms with van der Waals surface area (Å²) >= 11 is 0. The van der Waals surface area contributed by atoms with Gasteiger partial charge in [0.25, 0.3) is 5.97 Å². The number of fused-ring (bicyclic) bond motifs is 4. The van der Waals surface area contributed by atoms with Gasteiger partial charge in [-0.25, -0.2) is 0 Å². The van der Waals surface area contributed by atoms with Crippen LogP contribution in [0.3, 0.4) is 0 Å². The van der Waals surface area contributed by atoms with Crippen molar-refractivity contribution in [1.29, 1.82) is 0 Å². The number of carbonyl (C=O) groups is 2. The van der Waals surface area contributed by atoms with Gasteiger partial charge in [-0.05, 0) is 31.2 Å². The number of nitrogens with zero attached hydrogens (tertiary/aromatic N) is 2. The van der Waals surface area contributed by atoms with Crippen LogP contribution in [-0.4, -0.2) is 142 Å². The van der Waals surface area contributed by atoms with E-state index >= 15 is 0 Å². The fourth-order valence-electron chi connectivity index (χ4n) is 2.70. The van der Waals surface area contributed by atoms with Gasteiger partial charge in [0.1, 0.15) is 13.2 Å². The Balaban J connectivity index is -0.000000497. The van der Waals surface area contributed by atoms with E-state index in [1.165, 1.54) is 13.2 Å². The van der Waals surface area contributed by atoms with E-state index in [-0.39, 0.29) is 71.5 Å². The molecule has 1 radical (unpaired) electrons. The van der Waals surface area contributed by atoms with Crippen molar-refractivity contribution >= 4 is 68.4 Å². The molecule has 2 aromatic rings. The molecule has 0 aromatic heterocycles. The summed E-state index contributed by atoms with van der Waals surface area (Å²) in [5.41, 5.74) is 1.13. The standard InChI is InChI=1S/C22H26N2O6.2C2H4O2.C2H3O.Ca.Co.H2O/c25-21-17-3-1-5-19(21)29-13-11-27-9-10-28-12-14-30-20-6-2-4-18(22(20)26)16-24-8-7-23-15-17;2*1-2(3)4;1-2-3;;;/h1-6,15-16,25-26H,7-14H2;2*1H3,(H,3,4);1H3;;;1H2/q;;;-1;+2;;/p-1. The zero-order valence-corrected chi connectivity index (χ0v) is 28.1. The van der Waals surface area contributed by atoms with E-state index in [1.807, 2.05) is 0 Å². The second kappa shape index (κ2) is 31.7. The average Bonchev–Trinajstić information content (AvgIpc) is 2.89. The molecular formula is C28H38CaCoN2O12. The second-order valence-corrected chi connectivity index (χ2v) is 7.59. The number of aromatic hydroxyl groups is 2. The zero-order valence-electron chi connectivity index (χ0n) is 24.8. The van der Waals surface area contributed by atoms with Crippen molar-refractivity contribution in [2.45, 2.75) is 20.8 Å². The van der Waals surface area contributed by atoms with Crippen molar-refractivity contribution < 1.29 is 76.0 Å². The monoisotopic (exact) mass is 693 g/mol. The first-order chi connectivity index (χ1) is 19.6. The number of carbonyl (C=O) groups excluding carboxylic acids is 2. The molecule has 1 heterocycles. The number of phenolic OH excluding ortho intramolecular Hbond substituents is 2. The molecule has 0 fully saturated rings. The first-order valence-electron chi connectivity index (χ1n) is 12.3. The summed E-state index contributed by atoms with van der Waals surface area (Å²) < 4.78 is 22.1. The topological polar surface area (TPSA) is 228 Å². The van der Waals surface area contributed by atoms with E-state index in [2.05, 4.69) is 9.98 Å². The molecule has 0 saturated carbocycles. The average molecular weight is 694 g/mol. The Morgan fingerprint density at radius 3 is 1.41 bits per heavy atom. The first-order valence-corrected chi connectivity index (χ1v) is 12.3. The Morgan fingerprint density at radius 1 is 0.795 bits per heavy atom. The van der Waals surface area contributed by atoms with Crippen molar-refractivity contribution in [1.82, 2.24) is 0 Å². The van der Waals surface area contributed by atoms with Gasteiger partial charge in [-0.2, -0.15) is 6.92 Å². The summed E-state index contributed by atoms with van der Waals surface area (Å²) in [5, 5.41) is 37.0. The Bertz CT molecular complexity index is 1030. The molecule has 44 heavy (non-hydrogen) atoms. The number of carboxylic acid groups (broad SMARTS) is 2. The van der Waals surface area contributed by atoms with Gasteiger partial charge in [-0.1, -0.05) is 12.1 Å². The number of aliphatic carboxylic acids is 2. The molecular weight excluding hydrogens is 655 g/mol. The Labute approximate surface area is 296 Å².